The number of rotatable bonds is 10. The lowest BCUT2D eigenvalue weighted by molar-refractivity contribution is 0.353. The molecule has 1 rings (SSSR count). The van der Waals surface area contributed by atoms with Gasteiger partial charge < -0.3 is 14.8 Å². The Labute approximate surface area is 133 Å². The number of hydrogen-bond donors (Lipinski definition) is 1. The zero-order valence-corrected chi connectivity index (χ0v) is 14.8. The number of hydrogen-bond acceptors (Lipinski definition) is 4. The molecule has 1 aromatic carbocycles. The molecule has 1 N–H and O–H groups in total. The Morgan fingerprint density at radius 3 is 2.38 bits per heavy atom. The van der Waals surface area contributed by atoms with Crippen LogP contribution in [0.5, 0.6) is 11.5 Å². The minimum Gasteiger partial charge on any atom is -0.493 e. The zero-order chi connectivity index (χ0) is 15.7. The van der Waals surface area contributed by atoms with Gasteiger partial charge in [0.05, 0.1) is 14.2 Å². The summed E-state index contributed by atoms with van der Waals surface area (Å²) in [4.78, 5) is 1.24. The predicted octanol–water partition coefficient (Wildman–Crippen LogP) is 4.48. The molecule has 0 saturated carbocycles. The molecule has 1 aromatic rings. The first kappa shape index (κ1) is 18.2. The van der Waals surface area contributed by atoms with E-state index in [4.69, 9.17) is 9.47 Å². The van der Waals surface area contributed by atoms with Crippen molar-refractivity contribution in [2.45, 2.75) is 57.0 Å². The van der Waals surface area contributed by atoms with Crippen LogP contribution in [0.2, 0.25) is 0 Å². The Morgan fingerprint density at radius 2 is 1.81 bits per heavy atom. The SMILES string of the molecule is CCCCCC(C)NCc1cc(OC)c(OC)cc1SC. The summed E-state index contributed by atoms with van der Waals surface area (Å²) in [6, 6.07) is 4.68. The average molecular weight is 311 g/mol. The maximum absolute atomic E-state index is 5.40. The van der Waals surface area contributed by atoms with E-state index in [0.29, 0.717) is 6.04 Å². The van der Waals surface area contributed by atoms with Crippen molar-refractivity contribution in [1.29, 1.82) is 0 Å². The number of methoxy groups -OCH3 is 2. The summed E-state index contributed by atoms with van der Waals surface area (Å²) >= 11 is 1.74. The van der Waals surface area contributed by atoms with Gasteiger partial charge in [0.1, 0.15) is 0 Å². The largest absolute Gasteiger partial charge is 0.493 e. The van der Waals surface area contributed by atoms with E-state index in [2.05, 4.69) is 37.6 Å². The fourth-order valence-corrected chi connectivity index (χ4v) is 2.94. The second-order valence-electron chi connectivity index (χ2n) is 5.30. The second-order valence-corrected chi connectivity index (χ2v) is 6.14. The summed E-state index contributed by atoms with van der Waals surface area (Å²) in [7, 11) is 3.36. The summed E-state index contributed by atoms with van der Waals surface area (Å²) < 4.78 is 10.8. The lowest BCUT2D eigenvalue weighted by atomic mass is 10.1. The number of ether oxygens (including phenoxy) is 2. The highest BCUT2D eigenvalue weighted by atomic mass is 32.2. The molecule has 0 radical (unpaired) electrons. The number of benzene rings is 1. The number of thioether (sulfide) groups is 1. The van der Waals surface area contributed by atoms with E-state index < -0.39 is 0 Å². The first-order valence-electron chi connectivity index (χ1n) is 7.68. The smallest absolute Gasteiger partial charge is 0.161 e. The van der Waals surface area contributed by atoms with Crippen molar-refractivity contribution >= 4 is 11.8 Å². The lowest BCUT2D eigenvalue weighted by Gasteiger charge is -2.17. The Kier molecular flexibility index (Phi) is 8.62. The third kappa shape index (κ3) is 5.79. The third-order valence-corrected chi connectivity index (χ3v) is 4.49. The molecule has 0 aliphatic heterocycles. The number of unbranched alkanes of at least 4 members (excludes halogenated alkanes) is 2. The topological polar surface area (TPSA) is 30.5 Å². The molecule has 0 bridgehead atoms. The van der Waals surface area contributed by atoms with E-state index in [1.807, 2.05) is 0 Å². The van der Waals surface area contributed by atoms with Gasteiger partial charge in [0.15, 0.2) is 11.5 Å². The van der Waals surface area contributed by atoms with Gasteiger partial charge in [-0.15, -0.1) is 11.8 Å². The van der Waals surface area contributed by atoms with Gasteiger partial charge in [0.2, 0.25) is 0 Å². The van der Waals surface area contributed by atoms with Crippen LogP contribution in [0.25, 0.3) is 0 Å². The van der Waals surface area contributed by atoms with Crippen molar-refractivity contribution in [3.05, 3.63) is 17.7 Å². The summed E-state index contributed by atoms with van der Waals surface area (Å²) in [6.45, 7) is 5.37. The average Bonchev–Trinajstić information content (AvgIpc) is 2.52. The minimum absolute atomic E-state index is 0.541. The van der Waals surface area contributed by atoms with E-state index in [-0.39, 0.29) is 0 Å². The minimum atomic E-state index is 0.541. The van der Waals surface area contributed by atoms with Gasteiger partial charge in [-0.25, -0.2) is 0 Å². The molecule has 21 heavy (non-hydrogen) atoms. The van der Waals surface area contributed by atoms with Crippen LogP contribution in [0.3, 0.4) is 0 Å². The molecule has 1 atom stereocenters. The summed E-state index contributed by atoms with van der Waals surface area (Å²) in [5, 5.41) is 3.61. The maximum Gasteiger partial charge on any atom is 0.161 e. The Morgan fingerprint density at radius 1 is 1.14 bits per heavy atom. The van der Waals surface area contributed by atoms with E-state index in [9.17, 15) is 0 Å². The Bertz CT molecular complexity index is 423. The molecule has 0 aromatic heterocycles. The van der Waals surface area contributed by atoms with Crippen LogP contribution in [-0.2, 0) is 6.54 Å². The van der Waals surface area contributed by atoms with Gasteiger partial charge >= 0.3 is 0 Å². The molecule has 0 amide bonds. The number of nitrogens with one attached hydrogen (secondary N) is 1. The van der Waals surface area contributed by atoms with Crippen molar-refractivity contribution in [2.75, 3.05) is 20.5 Å². The van der Waals surface area contributed by atoms with Gasteiger partial charge in [-0.3, -0.25) is 0 Å². The normalized spacial score (nSPS) is 12.2. The van der Waals surface area contributed by atoms with Crippen molar-refractivity contribution in [1.82, 2.24) is 5.32 Å². The van der Waals surface area contributed by atoms with Gasteiger partial charge in [0.25, 0.3) is 0 Å². The van der Waals surface area contributed by atoms with Gasteiger partial charge in [-0.05, 0) is 37.3 Å². The van der Waals surface area contributed by atoms with E-state index >= 15 is 0 Å². The molecule has 0 fully saturated rings. The summed E-state index contributed by atoms with van der Waals surface area (Å²) in [6.07, 6.45) is 7.22. The first-order chi connectivity index (χ1) is 10.2. The highest BCUT2D eigenvalue weighted by Crippen LogP contribution is 2.34. The zero-order valence-electron chi connectivity index (χ0n) is 14.0. The van der Waals surface area contributed by atoms with Crippen LogP contribution < -0.4 is 14.8 Å². The molecule has 0 spiro atoms. The molecule has 0 saturated heterocycles. The van der Waals surface area contributed by atoms with Crippen LogP contribution in [0, 0.1) is 0 Å². The predicted molar refractivity (Wildman–Crippen MR) is 91.8 cm³/mol. The van der Waals surface area contributed by atoms with Gasteiger partial charge in [-0.2, -0.15) is 0 Å². The van der Waals surface area contributed by atoms with Crippen molar-refractivity contribution < 1.29 is 9.47 Å². The third-order valence-electron chi connectivity index (χ3n) is 3.67. The van der Waals surface area contributed by atoms with E-state index in [1.54, 1.807) is 26.0 Å². The molecule has 4 heteroatoms. The molecule has 1 unspecified atom stereocenters. The van der Waals surface area contributed by atoms with Crippen LogP contribution in [0.4, 0.5) is 0 Å². The van der Waals surface area contributed by atoms with Gasteiger partial charge in [0, 0.05) is 17.5 Å². The molecule has 120 valence electrons. The summed E-state index contributed by atoms with van der Waals surface area (Å²) in [5.74, 6) is 1.59. The molecule has 0 heterocycles. The molecule has 0 aliphatic rings. The lowest BCUT2D eigenvalue weighted by Crippen LogP contribution is -2.25. The standard InChI is InChI=1S/C17H29NO2S/c1-6-7-8-9-13(2)18-12-14-10-15(19-3)16(20-4)11-17(14)21-5/h10-11,13,18H,6-9,12H2,1-5H3. The molecule has 0 aliphatic carbocycles. The summed E-state index contributed by atoms with van der Waals surface area (Å²) in [5.41, 5.74) is 1.27. The highest BCUT2D eigenvalue weighted by molar-refractivity contribution is 7.98. The van der Waals surface area contributed by atoms with Crippen molar-refractivity contribution in [3.63, 3.8) is 0 Å². The van der Waals surface area contributed by atoms with Crippen LogP contribution in [0.1, 0.15) is 45.1 Å². The van der Waals surface area contributed by atoms with Gasteiger partial charge in [-0.1, -0.05) is 26.2 Å². The van der Waals surface area contributed by atoms with E-state index in [1.165, 1.54) is 36.1 Å². The molecular formula is C17H29NO2S. The molecular weight excluding hydrogens is 282 g/mol. The quantitative estimate of drug-likeness (QED) is 0.509. The highest BCUT2D eigenvalue weighted by Gasteiger charge is 2.11. The second kappa shape index (κ2) is 9.96. The monoisotopic (exact) mass is 311 g/mol. The van der Waals surface area contributed by atoms with Crippen molar-refractivity contribution in [3.8, 4) is 11.5 Å². The Hall–Kier alpha value is -0.870. The van der Waals surface area contributed by atoms with Crippen molar-refractivity contribution in [2.24, 2.45) is 0 Å². The Balaban J connectivity index is 2.68. The first-order valence-corrected chi connectivity index (χ1v) is 8.91. The fourth-order valence-electron chi connectivity index (χ4n) is 2.32. The fraction of sp³-hybridized carbons (Fsp3) is 0.647. The van der Waals surface area contributed by atoms with Crippen LogP contribution in [-0.4, -0.2) is 26.5 Å². The maximum atomic E-state index is 5.40. The van der Waals surface area contributed by atoms with E-state index in [0.717, 1.165) is 18.0 Å². The van der Waals surface area contributed by atoms with Crippen LogP contribution >= 0.6 is 11.8 Å². The van der Waals surface area contributed by atoms with Crippen LogP contribution in [0.15, 0.2) is 17.0 Å². The molecule has 3 nitrogen and oxygen atoms in total.